The molecule has 3 heteroatoms. The van der Waals surface area contributed by atoms with E-state index in [1.165, 1.54) is 49.6 Å². The van der Waals surface area contributed by atoms with Gasteiger partial charge in [0.05, 0.1) is 16.7 Å². The lowest BCUT2D eigenvalue weighted by Crippen LogP contribution is -2.10. The van der Waals surface area contributed by atoms with Crippen LogP contribution in [0.3, 0.4) is 0 Å². The summed E-state index contributed by atoms with van der Waals surface area (Å²) in [6.45, 7) is 0. The molecule has 0 atom stereocenters. The molecule has 2 aromatic heterocycles. The molecule has 0 aliphatic rings. The number of aromatic nitrogens is 1. The first-order valence-corrected chi connectivity index (χ1v) is 21.5. The van der Waals surface area contributed by atoms with Gasteiger partial charge in [-0.3, -0.25) is 0 Å². The highest BCUT2D eigenvalue weighted by molar-refractivity contribution is 6.10. The van der Waals surface area contributed by atoms with Crippen molar-refractivity contribution in [3.63, 3.8) is 0 Å². The van der Waals surface area contributed by atoms with E-state index >= 15 is 0 Å². The highest BCUT2D eigenvalue weighted by Crippen LogP contribution is 2.41. The minimum Gasteiger partial charge on any atom is -0.456 e. The Balaban J connectivity index is 0.954. The molecule has 2 heterocycles. The fourth-order valence-electron chi connectivity index (χ4n) is 9.37. The van der Waals surface area contributed by atoms with Gasteiger partial charge < -0.3 is 13.9 Å². The van der Waals surface area contributed by atoms with Gasteiger partial charge in [-0.15, -0.1) is 0 Å². The first-order valence-electron chi connectivity index (χ1n) is 21.5. The molecule has 12 rings (SSSR count). The molecule has 63 heavy (non-hydrogen) atoms. The summed E-state index contributed by atoms with van der Waals surface area (Å²) in [4.78, 5) is 2.36. The van der Waals surface area contributed by atoms with Crippen LogP contribution in [0.1, 0.15) is 0 Å². The summed E-state index contributed by atoms with van der Waals surface area (Å²) < 4.78 is 8.73. The average molecular weight is 805 g/mol. The van der Waals surface area contributed by atoms with Crippen molar-refractivity contribution in [2.75, 3.05) is 4.90 Å². The fourth-order valence-corrected chi connectivity index (χ4v) is 9.37. The molecule has 296 valence electrons. The summed E-state index contributed by atoms with van der Waals surface area (Å²) in [6.07, 6.45) is 0. The fraction of sp³-hybridized carbons (Fsp3) is 0. The van der Waals surface area contributed by atoms with Gasteiger partial charge in [0, 0.05) is 44.2 Å². The van der Waals surface area contributed by atoms with Crippen LogP contribution in [-0.4, -0.2) is 4.57 Å². The van der Waals surface area contributed by atoms with Gasteiger partial charge >= 0.3 is 0 Å². The van der Waals surface area contributed by atoms with E-state index in [1.54, 1.807) is 0 Å². The number of anilines is 3. The van der Waals surface area contributed by atoms with Crippen LogP contribution in [0.2, 0.25) is 0 Å². The molecule has 0 aliphatic heterocycles. The average Bonchev–Trinajstić information content (AvgIpc) is 3.90. The summed E-state index contributed by atoms with van der Waals surface area (Å²) in [5.41, 5.74) is 17.9. The summed E-state index contributed by atoms with van der Waals surface area (Å²) in [5.74, 6) is 0. The lowest BCUT2D eigenvalue weighted by atomic mass is 9.98. The maximum absolute atomic E-state index is 6.32. The molecular weight excluding hydrogens is 765 g/mol. The topological polar surface area (TPSA) is 21.3 Å². The quantitative estimate of drug-likeness (QED) is 0.153. The van der Waals surface area contributed by atoms with E-state index in [0.717, 1.165) is 61.4 Å². The normalized spacial score (nSPS) is 11.5. The molecule has 0 amide bonds. The zero-order chi connectivity index (χ0) is 41.7. The number of nitrogens with zero attached hydrogens (tertiary/aromatic N) is 2. The van der Waals surface area contributed by atoms with Crippen LogP contribution in [0.4, 0.5) is 17.1 Å². The molecule has 0 saturated heterocycles. The van der Waals surface area contributed by atoms with Crippen molar-refractivity contribution in [1.82, 2.24) is 4.57 Å². The Hall–Kier alpha value is -8.40. The third kappa shape index (κ3) is 6.46. The molecule has 12 aromatic rings. The standard InChI is InChI=1S/C60H40N2O/c1-2-14-41(15-3-1)44-16-12-17-45(38-44)42-28-33-48(34-29-42)61(50-19-13-18-46(39-50)47-32-37-55-54-23-7-11-27-59(54)63-60(55)40-47)49-35-30-43(31-36-49)51-20-4-8-24-56(51)62-57-25-9-5-21-52(57)53-22-6-10-26-58(53)62/h1-40H. The lowest BCUT2D eigenvalue weighted by Gasteiger charge is -2.26. The smallest absolute Gasteiger partial charge is 0.136 e. The molecule has 3 nitrogen and oxygen atoms in total. The van der Waals surface area contributed by atoms with Crippen molar-refractivity contribution in [3.05, 3.63) is 243 Å². The maximum Gasteiger partial charge on any atom is 0.136 e. The number of hydrogen-bond acceptors (Lipinski definition) is 2. The van der Waals surface area contributed by atoms with Gasteiger partial charge in [0.15, 0.2) is 0 Å². The van der Waals surface area contributed by atoms with Gasteiger partial charge in [-0.1, -0.05) is 164 Å². The highest BCUT2D eigenvalue weighted by Gasteiger charge is 2.18. The summed E-state index contributed by atoms with van der Waals surface area (Å²) in [6, 6.07) is 87.1. The molecule has 0 spiro atoms. The van der Waals surface area contributed by atoms with Crippen molar-refractivity contribution in [2.24, 2.45) is 0 Å². The first kappa shape index (κ1) is 36.5. The van der Waals surface area contributed by atoms with E-state index < -0.39 is 0 Å². The Labute approximate surface area is 366 Å². The van der Waals surface area contributed by atoms with E-state index in [4.69, 9.17) is 4.42 Å². The third-order valence-corrected chi connectivity index (χ3v) is 12.4. The van der Waals surface area contributed by atoms with Crippen LogP contribution in [-0.2, 0) is 0 Å². The SMILES string of the molecule is c1ccc(-c2cccc(-c3ccc(N(c4ccc(-c5ccccc5-n5c6ccccc6c6ccccc65)cc4)c4cccc(-c5ccc6c(c5)oc5ccccc56)c4)cc3)c2)cc1. The van der Waals surface area contributed by atoms with Crippen molar-refractivity contribution >= 4 is 60.8 Å². The number of fused-ring (bicyclic) bond motifs is 6. The number of benzene rings is 10. The summed E-state index contributed by atoms with van der Waals surface area (Å²) in [5, 5.41) is 4.77. The number of hydrogen-bond donors (Lipinski definition) is 0. The van der Waals surface area contributed by atoms with Crippen LogP contribution in [0.15, 0.2) is 247 Å². The van der Waals surface area contributed by atoms with E-state index in [2.05, 4.69) is 240 Å². The van der Waals surface area contributed by atoms with Gasteiger partial charge in [0.25, 0.3) is 0 Å². The Morgan fingerprint density at radius 1 is 0.286 bits per heavy atom. The third-order valence-electron chi connectivity index (χ3n) is 12.4. The molecule has 0 aliphatic carbocycles. The summed E-state index contributed by atoms with van der Waals surface area (Å²) >= 11 is 0. The van der Waals surface area contributed by atoms with Crippen LogP contribution >= 0.6 is 0 Å². The van der Waals surface area contributed by atoms with E-state index in [0.29, 0.717) is 0 Å². The molecule has 0 saturated carbocycles. The second-order valence-electron chi connectivity index (χ2n) is 16.1. The van der Waals surface area contributed by atoms with Crippen LogP contribution in [0, 0.1) is 0 Å². The molecule has 0 N–H and O–H groups in total. The molecular formula is C60H40N2O. The minimum absolute atomic E-state index is 0.889. The first-order chi connectivity index (χ1) is 31.2. The molecule has 0 unspecified atom stereocenters. The minimum atomic E-state index is 0.889. The van der Waals surface area contributed by atoms with Gasteiger partial charge in [0.2, 0.25) is 0 Å². The van der Waals surface area contributed by atoms with Crippen LogP contribution in [0.25, 0.3) is 93.9 Å². The van der Waals surface area contributed by atoms with Gasteiger partial charge in [-0.2, -0.15) is 0 Å². The lowest BCUT2D eigenvalue weighted by molar-refractivity contribution is 0.669. The predicted molar refractivity (Wildman–Crippen MR) is 264 cm³/mol. The number of para-hydroxylation sites is 4. The van der Waals surface area contributed by atoms with Crippen molar-refractivity contribution in [2.45, 2.75) is 0 Å². The Morgan fingerprint density at radius 2 is 0.778 bits per heavy atom. The molecule has 0 bridgehead atoms. The Morgan fingerprint density at radius 3 is 1.49 bits per heavy atom. The molecule has 0 radical (unpaired) electrons. The number of rotatable bonds is 8. The van der Waals surface area contributed by atoms with Crippen molar-refractivity contribution < 1.29 is 4.42 Å². The summed E-state index contributed by atoms with van der Waals surface area (Å²) in [7, 11) is 0. The van der Waals surface area contributed by atoms with Gasteiger partial charge in [-0.25, -0.2) is 0 Å². The van der Waals surface area contributed by atoms with Crippen molar-refractivity contribution in [3.8, 4) is 50.2 Å². The Bertz CT molecular complexity index is 3560. The van der Waals surface area contributed by atoms with Crippen molar-refractivity contribution in [1.29, 1.82) is 0 Å². The highest BCUT2D eigenvalue weighted by atomic mass is 16.3. The Kier molecular flexibility index (Phi) is 8.83. The maximum atomic E-state index is 6.32. The van der Waals surface area contributed by atoms with E-state index in [9.17, 15) is 0 Å². The zero-order valence-electron chi connectivity index (χ0n) is 34.4. The number of furan rings is 1. The van der Waals surface area contributed by atoms with Gasteiger partial charge in [0.1, 0.15) is 11.2 Å². The molecule has 10 aromatic carbocycles. The zero-order valence-corrected chi connectivity index (χ0v) is 34.4. The second kappa shape index (κ2) is 15.3. The van der Waals surface area contributed by atoms with Crippen LogP contribution < -0.4 is 4.90 Å². The predicted octanol–water partition coefficient (Wildman–Crippen LogP) is 16.8. The van der Waals surface area contributed by atoms with Gasteiger partial charge in [-0.05, 0) is 118 Å². The second-order valence-corrected chi connectivity index (χ2v) is 16.1. The van der Waals surface area contributed by atoms with E-state index in [-0.39, 0.29) is 0 Å². The van der Waals surface area contributed by atoms with Crippen LogP contribution in [0.5, 0.6) is 0 Å². The molecule has 0 fully saturated rings. The monoisotopic (exact) mass is 804 g/mol. The van der Waals surface area contributed by atoms with E-state index in [1.807, 2.05) is 12.1 Å². The largest absolute Gasteiger partial charge is 0.456 e.